The molecule has 0 spiro atoms. The summed E-state index contributed by atoms with van der Waals surface area (Å²) < 4.78 is 27.0. The van der Waals surface area contributed by atoms with Gasteiger partial charge in [-0.25, -0.2) is 8.78 Å². The average molecular weight is 327 g/mol. The van der Waals surface area contributed by atoms with E-state index in [2.05, 4.69) is 0 Å². The van der Waals surface area contributed by atoms with E-state index in [4.69, 9.17) is 0 Å². The molecular formula is C20H19F2NO. The van der Waals surface area contributed by atoms with Crippen LogP contribution >= 0.6 is 0 Å². The van der Waals surface area contributed by atoms with E-state index in [0.717, 1.165) is 24.9 Å². The Morgan fingerprint density at radius 3 is 2.54 bits per heavy atom. The molecule has 3 atom stereocenters. The highest BCUT2D eigenvalue weighted by molar-refractivity contribution is 5.83. The van der Waals surface area contributed by atoms with Crippen LogP contribution in [0.25, 0.3) is 0 Å². The van der Waals surface area contributed by atoms with Gasteiger partial charge >= 0.3 is 0 Å². The highest BCUT2D eigenvalue weighted by Crippen LogP contribution is 2.50. The monoisotopic (exact) mass is 327 g/mol. The molecule has 1 saturated carbocycles. The van der Waals surface area contributed by atoms with E-state index < -0.39 is 0 Å². The summed E-state index contributed by atoms with van der Waals surface area (Å²) in [6, 6.07) is 13.1. The van der Waals surface area contributed by atoms with Crippen molar-refractivity contribution >= 4 is 5.91 Å². The fraction of sp³-hybridized carbons (Fsp3) is 0.350. The summed E-state index contributed by atoms with van der Waals surface area (Å²) in [6.45, 7) is 0.724. The van der Waals surface area contributed by atoms with E-state index in [0.29, 0.717) is 12.0 Å². The Bertz CT molecular complexity index is 758. The first-order chi connectivity index (χ1) is 11.6. The highest BCUT2D eigenvalue weighted by Gasteiger charge is 2.48. The summed E-state index contributed by atoms with van der Waals surface area (Å²) in [7, 11) is 0. The molecule has 124 valence electrons. The van der Waals surface area contributed by atoms with Crippen LogP contribution in [0.1, 0.15) is 42.3 Å². The minimum Gasteiger partial charge on any atom is -0.335 e. The van der Waals surface area contributed by atoms with Crippen molar-refractivity contribution in [1.82, 2.24) is 4.90 Å². The number of halogens is 2. The molecular weight excluding hydrogens is 308 g/mol. The lowest BCUT2D eigenvalue weighted by Gasteiger charge is -2.25. The van der Waals surface area contributed by atoms with Gasteiger partial charge in [0.25, 0.3) is 0 Å². The van der Waals surface area contributed by atoms with E-state index in [1.54, 1.807) is 24.3 Å². The Morgan fingerprint density at radius 2 is 1.79 bits per heavy atom. The summed E-state index contributed by atoms with van der Waals surface area (Å²) >= 11 is 0. The molecule has 2 fully saturated rings. The van der Waals surface area contributed by atoms with Gasteiger partial charge in [-0.05, 0) is 54.5 Å². The van der Waals surface area contributed by atoms with E-state index in [1.807, 2.05) is 11.0 Å². The molecule has 2 aliphatic rings. The van der Waals surface area contributed by atoms with E-state index in [-0.39, 0.29) is 35.4 Å². The van der Waals surface area contributed by atoms with Crippen LogP contribution in [0, 0.1) is 17.6 Å². The normalized spacial score (nSPS) is 25.8. The molecule has 2 aromatic rings. The number of likely N-dealkylation sites (tertiary alicyclic amines) is 1. The van der Waals surface area contributed by atoms with Crippen LogP contribution in [0.15, 0.2) is 48.5 Å². The van der Waals surface area contributed by atoms with E-state index in [1.165, 1.54) is 18.2 Å². The summed E-state index contributed by atoms with van der Waals surface area (Å²) in [4.78, 5) is 14.8. The van der Waals surface area contributed by atoms with Crippen molar-refractivity contribution < 1.29 is 13.6 Å². The van der Waals surface area contributed by atoms with Crippen molar-refractivity contribution in [1.29, 1.82) is 0 Å². The molecule has 1 amide bonds. The summed E-state index contributed by atoms with van der Waals surface area (Å²) in [5.74, 6) is -0.517. The van der Waals surface area contributed by atoms with Gasteiger partial charge in [-0.3, -0.25) is 4.79 Å². The first-order valence-corrected chi connectivity index (χ1v) is 8.45. The van der Waals surface area contributed by atoms with E-state index in [9.17, 15) is 13.6 Å². The second kappa shape index (κ2) is 6.00. The Kier molecular flexibility index (Phi) is 3.83. The van der Waals surface area contributed by atoms with Gasteiger partial charge in [-0.2, -0.15) is 0 Å². The average Bonchev–Trinajstić information content (AvgIpc) is 3.23. The zero-order valence-electron chi connectivity index (χ0n) is 13.3. The fourth-order valence-electron chi connectivity index (χ4n) is 3.86. The lowest BCUT2D eigenvalue weighted by Crippen LogP contribution is -2.32. The van der Waals surface area contributed by atoms with Crippen LogP contribution in [-0.2, 0) is 4.79 Å². The van der Waals surface area contributed by atoms with Crippen molar-refractivity contribution in [2.24, 2.45) is 5.92 Å². The summed E-state index contributed by atoms with van der Waals surface area (Å²) in [6.07, 6.45) is 2.56. The number of hydrogen-bond acceptors (Lipinski definition) is 1. The molecule has 0 bridgehead atoms. The third kappa shape index (κ3) is 2.70. The number of carbonyl (C=O) groups excluding carboxylic acids is 1. The van der Waals surface area contributed by atoms with Gasteiger partial charge in [0.1, 0.15) is 11.6 Å². The predicted octanol–water partition coefficient (Wildman–Crippen LogP) is 4.43. The van der Waals surface area contributed by atoms with Crippen LogP contribution < -0.4 is 0 Å². The van der Waals surface area contributed by atoms with Crippen LogP contribution in [0.4, 0.5) is 8.78 Å². The summed E-state index contributed by atoms with van der Waals surface area (Å²) in [5, 5.41) is 0. The lowest BCUT2D eigenvalue weighted by atomic mass is 10.0. The molecule has 2 aromatic carbocycles. The third-order valence-corrected chi connectivity index (χ3v) is 5.20. The van der Waals surface area contributed by atoms with Crippen LogP contribution in [0.5, 0.6) is 0 Å². The molecule has 1 aliphatic carbocycles. The van der Waals surface area contributed by atoms with Gasteiger partial charge < -0.3 is 4.90 Å². The number of carbonyl (C=O) groups is 1. The van der Waals surface area contributed by atoms with Crippen molar-refractivity contribution in [2.45, 2.75) is 31.2 Å². The SMILES string of the molecule is O=C(C1CC1c1ccccc1F)N1CCCC1c1ccc(F)cc1. The molecule has 0 aromatic heterocycles. The van der Waals surface area contributed by atoms with Crippen LogP contribution in [0.3, 0.4) is 0 Å². The molecule has 4 rings (SSSR count). The third-order valence-electron chi connectivity index (χ3n) is 5.20. The maximum atomic E-state index is 13.9. The molecule has 0 N–H and O–H groups in total. The zero-order valence-corrected chi connectivity index (χ0v) is 13.3. The second-order valence-electron chi connectivity index (χ2n) is 6.71. The molecule has 3 unspecified atom stereocenters. The number of amides is 1. The van der Waals surface area contributed by atoms with Gasteiger partial charge in [0, 0.05) is 12.5 Å². The molecule has 24 heavy (non-hydrogen) atoms. The lowest BCUT2D eigenvalue weighted by molar-refractivity contribution is -0.133. The fourth-order valence-corrected chi connectivity index (χ4v) is 3.86. The number of hydrogen-bond donors (Lipinski definition) is 0. The number of rotatable bonds is 3. The Balaban J connectivity index is 1.50. The summed E-state index contributed by atoms with van der Waals surface area (Å²) in [5.41, 5.74) is 1.62. The standard InChI is InChI=1S/C20H19F2NO/c21-14-9-7-13(8-10-14)19-6-3-11-23(19)20(24)17-12-16(17)15-4-1-2-5-18(15)22/h1-2,4-5,7-10,16-17,19H,3,6,11-12H2. The van der Waals surface area contributed by atoms with Gasteiger partial charge in [0.15, 0.2) is 0 Å². The van der Waals surface area contributed by atoms with Crippen molar-refractivity contribution in [3.63, 3.8) is 0 Å². The first kappa shape index (κ1) is 15.3. The maximum Gasteiger partial charge on any atom is 0.226 e. The largest absolute Gasteiger partial charge is 0.335 e. The molecule has 1 saturated heterocycles. The van der Waals surface area contributed by atoms with Crippen molar-refractivity contribution in [3.05, 3.63) is 71.3 Å². The Morgan fingerprint density at radius 1 is 1.04 bits per heavy atom. The van der Waals surface area contributed by atoms with E-state index >= 15 is 0 Å². The first-order valence-electron chi connectivity index (χ1n) is 8.45. The van der Waals surface area contributed by atoms with Gasteiger partial charge in [0.05, 0.1) is 6.04 Å². The number of benzene rings is 2. The molecule has 4 heteroatoms. The Hall–Kier alpha value is -2.23. The van der Waals surface area contributed by atoms with Crippen molar-refractivity contribution in [2.75, 3.05) is 6.54 Å². The van der Waals surface area contributed by atoms with Crippen LogP contribution in [-0.4, -0.2) is 17.4 Å². The van der Waals surface area contributed by atoms with Crippen molar-refractivity contribution in [3.8, 4) is 0 Å². The van der Waals surface area contributed by atoms with Gasteiger partial charge in [-0.1, -0.05) is 30.3 Å². The smallest absolute Gasteiger partial charge is 0.226 e. The second-order valence-corrected chi connectivity index (χ2v) is 6.71. The van der Waals surface area contributed by atoms with Gasteiger partial charge in [-0.15, -0.1) is 0 Å². The highest BCUT2D eigenvalue weighted by atomic mass is 19.1. The Labute approximate surface area is 140 Å². The predicted molar refractivity (Wildman–Crippen MR) is 87.3 cm³/mol. The maximum absolute atomic E-state index is 13.9. The molecule has 2 nitrogen and oxygen atoms in total. The molecule has 1 heterocycles. The van der Waals surface area contributed by atoms with Crippen LogP contribution in [0.2, 0.25) is 0 Å². The minimum absolute atomic E-state index is 0.00633. The quantitative estimate of drug-likeness (QED) is 0.816. The minimum atomic E-state index is -0.267. The topological polar surface area (TPSA) is 20.3 Å². The number of nitrogens with zero attached hydrogens (tertiary/aromatic N) is 1. The zero-order chi connectivity index (χ0) is 16.7. The molecule has 1 aliphatic heterocycles. The molecule has 0 radical (unpaired) electrons. The van der Waals surface area contributed by atoms with Gasteiger partial charge in [0.2, 0.25) is 5.91 Å².